The molecule has 0 aromatic carbocycles. The van der Waals surface area contributed by atoms with E-state index in [2.05, 4.69) is 37.6 Å². The van der Waals surface area contributed by atoms with Crippen LogP contribution in [-0.2, 0) is 6.54 Å². The number of halogens is 1. The molecule has 2 saturated heterocycles. The Morgan fingerprint density at radius 3 is 3.24 bits per heavy atom. The monoisotopic (exact) mass is 314 g/mol. The summed E-state index contributed by atoms with van der Waals surface area (Å²) in [5, 5.41) is 5.86. The Kier molecular flexibility index (Phi) is 3.85. The minimum atomic E-state index is 0.801. The van der Waals surface area contributed by atoms with Crippen LogP contribution in [0.25, 0.3) is 0 Å². The van der Waals surface area contributed by atoms with Crippen molar-refractivity contribution >= 4 is 27.3 Å². The standard InChI is InChI=1S/C13H19BrN2S/c14-11-6-12(17-9-11)8-16-5-3-13-10(7-16)2-1-4-15-13/h6,9-10,13,15H,1-5,7-8H2. The summed E-state index contributed by atoms with van der Waals surface area (Å²) in [5.74, 6) is 0.890. The van der Waals surface area contributed by atoms with Gasteiger partial charge in [-0.15, -0.1) is 11.3 Å². The highest BCUT2D eigenvalue weighted by Gasteiger charge is 2.30. The summed E-state index contributed by atoms with van der Waals surface area (Å²) in [5.41, 5.74) is 0. The van der Waals surface area contributed by atoms with Gasteiger partial charge < -0.3 is 5.32 Å². The van der Waals surface area contributed by atoms with Crippen molar-refractivity contribution in [1.29, 1.82) is 0 Å². The zero-order valence-electron chi connectivity index (χ0n) is 9.99. The molecular formula is C13H19BrN2S. The summed E-state index contributed by atoms with van der Waals surface area (Å²) in [7, 11) is 0. The topological polar surface area (TPSA) is 15.3 Å². The summed E-state index contributed by atoms with van der Waals surface area (Å²) < 4.78 is 1.23. The van der Waals surface area contributed by atoms with Crippen molar-refractivity contribution < 1.29 is 0 Å². The predicted molar refractivity (Wildman–Crippen MR) is 76.4 cm³/mol. The Balaban J connectivity index is 1.58. The molecule has 1 aromatic heterocycles. The minimum absolute atomic E-state index is 0.801. The van der Waals surface area contributed by atoms with Gasteiger partial charge in [0.25, 0.3) is 0 Å². The van der Waals surface area contributed by atoms with Gasteiger partial charge in [-0.05, 0) is 53.7 Å². The second-order valence-corrected chi connectivity index (χ2v) is 7.13. The van der Waals surface area contributed by atoms with Crippen LogP contribution < -0.4 is 5.32 Å². The smallest absolute Gasteiger partial charge is 0.0328 e. The van der Waals surface area contributed by atoms with Gasteiger partial charge in [0.1, 0.15) is 0 Å². The highest BCUT2D eigenvalue weighted by atomic mass is 79.9. The average molecular weight is 315 g/mol. The quantitative estimate of drug-likeness (QED) is 0.902. The molecule has 0 radical (unpaired) electrons. The molecule has 1 aromatic rings. The largest absolute Gasteiger partial charge is 0.314 e. The highest BCUT2D eigenvalue weighted by Crippen LogP contribution is 2.27. The van der Waals surface area contributed by atoms with Crippen LogP contribution in [0.1, 0.15) is 24.1 Å². The van der Waals surface area contributed by atoms with Crippen LogP contribution >= 0.6 is 27.3 Å². The first-order valence-electron chi connectivity index (χ1n) is 6.50. The first-order valence-corrected chi connectivity index (χ1v) is 8.17. The Morgan fingerprint density at radius 2 is 2.41 bits per heavy atom. The summed E-state index contributed by atoms with van der Waals surface area (Å²) in [6, 6.07) is 3.06. The van der Waals surface area contributed by atoms with E-state index in [1.807, 2.05) is 11.3 Å². The molecule has 94 valence electrons. The molecule has 3 rings (SSSR count). The van der Waals surface area contributed by atoms with Crippen LogP contribution in [0.15, 0.2) is 15.9 Å². The number of hydrogen-bond acceptors (Lipinski definition) is 3. The van der Waals surface area contributed by atoms with Crippen molar-refractivity contribution in [2.24, 2.45) is 5.92 Å². The molecule has 3 heterocycles. The molecule has 2 unspecified atom stereocenters. The van der Waals surface area contributed by atoms with Crippen molar-refractivity contribution in [2.75, 3.05) is 19.6 Å². The van der Waals surface area contributed by atoms with Gasteiger partial charge in [-0.3, -0.25) is 4.90 Å². The van der Waals surface area contributed by atoms with E-state index in [4.69, 9.17) is 0 Å². The maximum absolute atomic E-state index is 3.68. The second-order valence-electron chi connectivity index (χ2n) is 5.22. The maximum atomic E-state index is 3.68. The molecule has 17 heavy (non-hydrogen) atoms. The SMILES string of the molecule is Brc1csc(CN2CCC3NCCCC3C2)c1. The molecule has 0 saturated carbocycles. The Labute approximate surface area is 116 Å². The number of likely N-dealkylation sites (tertiary alicyclic amines) is 1. The van der Waals surface area contributed by atoms with E-state index in [0.717, 1.165) is 18.5 Å². The summed E-state index contributed by atoms with van der Waals surface area (Å²) in [6.45, 7) is 4.91. The zero-order chi connectivity index (χ0) is 11.7. The summed E-state index contributed by atoms with van der Waals surface area (Å²) in [6.07, 6.45) is 4.11. The van der Waals surface area contributed by atoms with E-state index in [9.17, 15) is 0 Å². The van der Waals surface area contributed by atoms with Crippen molar-refractivity contribution in [3.63, 3.8) is 0 Å². The van der Waals surface area contributed by atoms with Gasteiger partial charge in [0, 0.05) is 40.4 Å². The van der Waals surface area contributed by atoms with Gasteiger partial charge in [-0.25, -0.2) is 0 Å². The Morgan fingerprint density at radius 1 is 1.47 bits per heavy atom. The normalized spacial score (nSPS) is 30.2. The van der Waals surface area contributed by atoms with E-state index < -0.39 is 0 Å². The van der Waals surface area contributed by atoms with Gasteiger partial charge in [-0.1, -0.05) is 0 Å². The predicted octanol–water partition coefficient (Wildman–Crippen LogP) is 3.08. The van der Waals surface area contributed by atoms with Crippen molar-refractivity contribution in [3.05, 3.63) is 20.8 Å². The fourth-order valence-corrected chi connectivity index (χ4v) is 4.61. The second kappa shape index (κ2) is 5.39. The van der Waals surface area contributed by atoms with Gasteiger partial charge >= 0.3 is 0 Å². The fraction of sp³-hybridized carbons (Fsp3) is 0.692. The van der Waals surface area contributed by atoms with Crippen molar-refractivity contribution in [3.8, 4) is 0 Å². The lowest BCUT2D eigenvalue weighted by Crippen LogP contribution is -2.51. The first-order chi connectivity index (χ1) is 8.31. The maximum Gasteiger partial charge on any atom is 0.0328 e. The summed E-state index contributed by atoms with van der Waals surface area (Å²) in [4.78, 5) is 4.12. The molecule has 0 aliphatic carbocycles. The molecule has 2 nitrogen and oxygen atoms in total. The van der Waals surface area contributed by atoms with Crippen LogP contribution in [0.2, 0.25) is 0 Å². The number of nitrogens with zero attached hydrogens (tertiary/aromatic N) is 1. The molecule has 2 aliphatic heterocycles. The third-order valence-electron chi connectivity index (χ3n) is 3.98. The van der Waals surface area contributed by atoms with Crippen LogP contribution in [0.5, 0.6) is 0 Å². The molecule has 2 fully saturated rings. The van der Waals surface area contributed by atoms with Crippen LogP contribution in [0.4, 0.5) is 0 Å². The van der Waals surface area contributed by atoms with Gasteiger partial charge in [-0.2, -0.15) is 0 Å². The Bertz CT molecular complexity index is 379. The van der Waals surface area contributed by atoms with Crippen LogP contribution in [0, 0.1) is 5.92 Å². The van der Waals surface area contributed by atoms with Crippen molar-refractivity contribution in [1.82, 2.24) is 10.2 Å². The number of nitrogens with one attached hydrogen (secondary N) is 1. The van der Waals surface area contributed by atoms with Crippen LogP contribution in [-0.4, -0.2) is 30.6 Å². The lowest BCUT2D eigenvalue weighted by Gasteiger charge is -2.41. The first kappa shape index (κ1) is 12.2. The van der Waals surface area contributed by atoms with E-state index in [1.165, 1.54) is 48.2 Å². The van der Waals surface area contributed by atoms with Crippen LogP contribution in [0.3, 0.4) is 0 Å². The number of fused-ring (bicyclic) bond motifs is 1. The molecule has 0 bridgehead atoms. The number of piperidine rings is 2. The molecule has 4 heteroatoms. The van der Waals surface area contributed by atoms with E-state index >= 15 is 0 Å². The minimum Gasteiger partial charge on any atom is -0.314 e. The lowest BCUT2D eigenvalue weighted by molar-refractivity contribution is 0.110. The van der Waals surface area contributed by atoms with Gasteiger partial charge in [0.05, 0.1) is 0 Å². The van der Waals surface area contributed by atoms with Gasteiger partial charge in [0.15, 0.2) is 0 Å². The molecular weight excluding hydrogens is 296 g/mol. The molecule has 2 atom stereocenters. The highest BCUT2D eigenvalue weighted by molar-refractivity contribution is 9.10. The van der Waals surface area contributed by atoms with Gasteiger partial charge in [0.2, 0.25) is 0 Å². The van der Waals surface area contributed by atoms with E-state index in [1.54, 1.807) is 0 Å². The number of rotatable bonds is 2. The molecule has 0 spiro atoms. The van der Waals surface area contributed by atoms with E-state index in [-0.39, 0.29) is 0 Å². The fourth-order valence-electron chi connectivity index (χ4n) is 3.12. The lowest BCUT2D eigenvalue weighted by atomic mass is 9.85. The molecule has 1 N–H and O–H groups in total. The number of hydrogen-bond donors (Lipinski definition) is 1. The average Bonchev–Trinajstić information content (AvgIpc) is 2.75. The zero-order valence-corrected chi connectivity index (χ0v) is 12.4. The number of thiophene rings is 1. The third-order valence-corrected chi connectivity index (χ3v) is 5.66. The van der Waals surface area contributed by atoms with E-state index in [0.29, 0.717) is 0 Å². The third kappa shape index (κ3) is 2.92. The summed E-state index contributed by atoms with van der Waals surface area (Å²) >= 11 is 5.40. The molecule has 0 amide bonds. The molecule has 2 aliphatic rings. The Hall–Kier alpha value is 0.1000. The van der Waals surface area contributed by atoms with Crippen molar-refractivity contribution in [2.45, 2.75) is 31.8 Å².